The van der Waals surface area contributed by atoms with Gasteiger partial charge in [0.15, 0.2) is 0 Å². The number of rotatable bonds is 2. The van der Waals surface area contributed by atoms with Crippen molar-refractivity contribution in [1.29, 1.82) is 0 Å². The maximum Gasteiger partial charge on any atom is 0.416 e. The lowest BCUT2D eigenvalue weighted by Crippen LogP contribution is -2.41. The summed E-state index contributed by atoms with van der Waals surface area (Å²) < 4.78 is 5.29. The molecule has 4 heteroatoms. The molecule has 2 rings (SSSR count). The Morgan fingerprint density at radius 2 is 1.90 bits per heavy atom. The van der Waals surface area contributed by atoms with Gasteiger partial charge in [-0.3, -0.25) is 4.79 Å². The molecular formula is C17H23NO3. The third-order valence-corrected chi connectivity index (χ3v) is 4.20. The van der Waals surface area contributed by atoms with Crippen LogP contribution >= 0.6 is 0 Å². The van der Waals surface area contributed by atoms with Gasteiger partial charge in [0, 0.05) is 12.5 Å². The molecule has 0 aliphatic carbocycles. The normalized spacial score (nSPS) is 26.3. The SMILES string of the molecule is CC1CC(C)[C@@H](C)C(=O)N(C(=O)OCc2ccccc2)C1. The van der Waals surface area contributed by atoms with Gasteiger partial charge >= 0.3 is 6.09 Å². The molecule has 1 aromatic rings. The van der Waals surface area contributed by atoms with E-state index in [9.17, 15) is 9.59 Å². The number of likely N-dealkylation sites (tertiary alicyclic amines) is 1. The zero-order chi connectivity index (χ0) is 15.4. The van der Waals surface area contributed by atoms with Gasteiger partial charge in [0.1, 0.15) is 6.61 Å². The average molecular weight is 289 g/mol. The molecule has 0 saturated carbocycles. The molecule has 1 aliphatic rings. The first-order valence-corrected chi connectivity index (χ1v) is 7.51. The van der Waals surface area contributed by atoms with Gasteiger partial charge in [0.25, 0.3) is 0 Å². The Labute approximate surface area is 126 Å². The largest absolute Gasteiger partial charge is 0.444 e. The molecular weight excluding hydrogens is 266 g/mol. The average Bonchev–Trinajstić information content (AvgIpc) is 2.58. The Kier molecular flexibility index (Phi) is 4.99. The van der Waals surface area contributed by atoms with Crippen LogP contribution in [0.2, 0.25) is 0 Å². The first kappa shape index (κ1) is 15.5. The van der Waals surface area contributed by atoms with Gasteiger partial charge in [-0.2, -0.15) is 0 Å². The van der Waals surface area contributed by atoms with E-state index < -0.39 is 6.09 Å². The topological polar surface area (TPSA) is 46.6 Å². The lowest BCUT2D eigenvalue weighted by molar-refractivity contribution is -0.133. The van der Waals surface area contributed by atoms with E-state index >= 15 is 0 Å². The molecule has 0 bridgehead atoms. The second-order valence-electron chi connectivity index (χ2n) is 6.10. The van der Waals surface area contributed by atoms with Gasteiger partial charge in [0.05, 0.1) is 0 Å². The fourth-order valence-electron chi connectivity index (χ4n) is 2.77. The van der Waals surface area contributed by atoms with Gasteiger partial charge in [-0.25, -0.2) is 9.69 Å². The lowest BCUT2D eigenvalue weighted by atomic mass is 9.89. The molecule has 0 N–H and O–H groups in total. The molecule has 3 atom stereocenters. The number of amides is 2. The first-order valence-electron chi connectivity index (χ1n) is 7.51. The summed E-state index contributed by atoms with van der Waals surface area (Å²) in [6.07, 6.45) is 0.423. The second-order valence-corrected chi connectivity index (χ2v) is 6.10. The van der Waals surface area contributed by atoms with Crippen LogP contribution in [0.25, 0.3) is 0 Å². The van der Waals surface area contributed by atoms with E-state index in [-0.39, 0.29) is 18.4 Å². The van der Waals surface area contributed by atoms with Crippen LogP contribution in [0.4, 0.5) is 4.79 Å². The summed E-state index contributed by atoms with van der Waals surface area (Å²) in [6.45, 7) is 6.67. The summed E-state index contributed by atoms with van der Waals surface area (Å²) in [5.74, 6) is 0.335. The van der Waals surface area contributed by atoms with Crippen LogP contribution in [0.15, 0.2) is 30.3 Å². The zero-order valence-electron chi connectivity index (χ0n) is 12.9. The summed E-state index contributed by atoms with van der Waals surface area (Å²) in [7, 11) is 0. The van der Waals surface area contributed by atoms with Crippen molar-refractivity contribution in [2.75, 3.05) is 6.54 Å². The van der Waals surface area contributed by atoms with Crippen molar-refractivity contribution in [1.82, 2.24) is 4.90 Å². The van der Waals surface area contributed by atoms with Crippen LogP contribution < -0.4 is 0 Å². The number of benzene rings is 1. The van der Waals surface area contributed by atoms with E-state index in [1.165, 1.54) is 4.90 Å². The molecule has 2 amide bonds. The van der Waals surface area contributed by atoms with E-state index in [4.69, 9.17) is 4.74 Å². The molecule has 1 saturated heterocycles. The minimum Gasteiger partial charge on any atom is -0.444 e. The number of hydrogen-bond acceptors (Lipinski definition) is 3. The quantitative estimate of drug-likeness (QED) is 0.837. The van der Waals surface area contributed by atoms with Gasteiger partial charge in [-0.1, -0.05) is 51.1 Å². The standard InChI is InChI=1S/C17H23NO3/c1-12-9-13(2)14(3)16(19)18(10-12)17(20)21-11-15-7-5-4-6-8-15/h4-8,12-14H,9-11H2,1-3H3/t12?,13?,14-/m1/s1. The van der Waals surface area contributed by atoms with E-state index in [2.05, 4.69) is 13.8 Å². The molecule has 21 heavy (non-hydrogen) atoms. The summed E-state index contributed by atoms with van der Waals surface area (Å²) >= 11 is 0. The predicted octanol–water partition coefficient (Wildman–Crippen LogP) is 3.46. The summed E-state index contributed by atoms with van der Waals surface area (Å²) in [6, 6.07) is 9.49. The Balaban J connectivity index is 2.01. The van der Waals surface area contributed by atoms with Crippen LogP contribution in [-0.4, -0.2) is 23.4 Å². The molecule has 4 nitrogen and oxygen atoms in total. The Bertz CT molecular complexity index is 500. The highest BCUT2D eigenvalue weighted by Crippen LogP contribution is 2.27. The smallest absolute Gasteiger partial charge is 0.416 e. The Hall–Kier alpha value is -1.84. The molecule has 0 spiro atoms. The van der Waals surface area contributed by atoms with Crippen LogP contribution in [0.1, 0.15) is 32.8 Å². The van der Waals surface area contributed by atoms with Crippen molar-refractivity contribution >= 4 is 12.0 Å². The molecule has 1 aliphatic heterocycles. The molecule has 2 unspecified atom stereocenters. The Morgan fingerprint density at radius 3 is 2.57 bits per heavy atom. The van der Waals surface area contributed by atoms with Crippen molar-refractivity contribution < 1.29 is 14.3 Å². The highest BCUT2D eigenvalue weighted by Gasteiger charge is 2.35. The summed E-state index contributed by atoms with van der Waals surface area (Å²) in [5.41, 5.74) is 0.919. The monoisotopic (exact) mass is 289 g/mol. The zero-order valence-corrected chi connectivity index (χ0v) is 12.9. The highest BCUT2D eigenvalue weighted by atomic mass is 16.6. The molecule has 1 aromatic carbocycles. The maximum absolute atomic E-state index is 12.4. The molecule has 0 radical (unpaired) electrons. The van der Waals surface area contributed by atoms with E-state index in [1.54, 1.807) is 0 Å². The number of imide groups is 1. The molecule has 1 heterocycles. The highest BCUT2D eigenvalue weighted by molar-refractivity contribution is 5.93. The van der Waals surface area contributed by atoms with Crippen molar-refractivity contribution in [2.45, 2.75) is 33.8 Å². The van der Waals surface area contributed by atoms with Crippen LogP contribution in [-0.2, 0) is 16.1 Å². The predicted molar refractivity (Wildman–Crippen MR) is 80.4 cm³/mol. The summed E-state index contributed by atoms with van der Waals surface area (Å²) in [5, 5.41) is 0. The third kappa shape index (κ3) is 3.84. The molecule has 1 fully saturated rings. The number of nitrogens with zero attached hydrogens (tertiary/aromatic N) is 1. The lowest BCUT2D eigenvalue weighted by Gasteiger charge is -2.22. The minimum atomic E-state index is -0.531. The van der Waals surface area contributed by atoms with Gasteiger partial charge in [-0.15, -0.1) is 0 Å². The minimum absolute atomic E-state index is 0.120. The van der Waals surface area contributed by atoms with Crippen molar-refractivity contribution in [3.63, 3.8) is 0 Å². The van der Waals surface area contributed by atoms with Crippen molar-refractivity contribution in [3.8, 4) is 0 Å². The number of carbonyl (C=O) groups excluding carboxylic acids is 2. The second kappa shape index (κ2) is 6.74. The number of carbonyl (C=O) groups is 2. The van der Waals surface area contributed by atoms with Gasteiger partial charge in [-0.05, 0) is 23.8 Å². The summed E-state index contributed by atoms with van der Waals surface area (Å²) in [4.78, 5) is 25.9. The van der Waals surface area contributed by atoms with Crippen molar-refractivity contribution in [3.05, 3.63) is 35.9 Å². The van der Waals surface area contributed by atoms with E-state index in [1.807, 2.05) is 37.3 Å². The fourth-order valence-corrected chi connectivity index (χ4v) is 2.77. The van der Waals surface area contributed by atoms with E-state index in [0.717, 1.165) is 12.0 Å². The fraction of sp³-hybridized carbons (Fsp3) is 0.529. The van der Waals surface area contributed by atoms with Crippen LogP contribution in [0.3, 0.4) is 0 Å². The van der Waals surface area contributed by atoms with E-state index in [0.29, 0.717) is 18.4 Å². The van der Waals surface area contributed by atoms with Gasteiger partial charge in [0.2, 0.25) is 5.91 Å². The molecule has 114 valence electrons. The first-order chi connectivity index (χ1) is 9.99. The third-order valence-electron chi connectivity index (χ3n) is 4.20. The number of hydrogen-bond donors (Lipinski definition) is 0. The number of ether oxygens (including phenoxy) is 1. The van der Waals surface area contributed by atoms with Crippen molar-refractivity contribution in [2.24, 2.45) is 17.8 Å². The van der Waals surface area contributed by atoms with Crippen LogP contribution in [0.5, 0.6) is 0 Å². The Morgan fingerprint density at radius 1 is 1.24 bits per heavy atom. The maximum atomic E-state index is 12.4. The molecule has 0 aromatic heterocycles. The van der Waals surface area contributed by atoms with Gasteiger partial charge < -0.3 is 4.74 Å². The van der Waals surface area contributed by atoms with Crippen LogP contribution in [0, 0.1) is 17.8 Å².